The lowest BCUT2D eigenvalue weighted by atomic mass is 10.1. The van der Waals surface area contributed by atoms with Crippen LogP contribution in [-0.2, 0) is 16.1 Å². The van der Waals surface area contributed by atoms with Gasteiger partial charge in [0.15, 0.2) is 17.5 Å². The van der Waals surface area contributed by atoms with Crippen molar-refractivity contribution in [1.29, 1.82) is 0 Å². The van der Waals surface area contributed by atoms with Gasteiger partial charge in [0.2, 0.25) is 0 Å². The zero-order valence-electron chi connectivity index (χ0n) is 14.3. The van der Waals surface area contributed by atoms with Crippen LogP contribution in [0.3, 0.4) is 0 Å². The predicted octanol–water partition coefficient (Wildman–Crippen LogP) is 3.94. The van der Waals surface area contributed by atoms with Crippen molar-refractivity contribution in [2.24, 2.45) is 0 Å². The molecule has 1 unspecified atom stereocenters. The average molecular weight is 355 g/mol. The van der Waals surface area contributed by atoms with E-state index in [1.165, 1.54) is 0 Å². The summed E-state index contributed by atoms with van der Waals surface area (Å²) in [6, 6.07) is 1.81. The quantitative estimate of drug-likeness (QED) is 0.609. The summed E-state index contributed by atoms with van der Waals surface area (Å²) in [4.78, 5) is 13.9. The molecule has 1 fully saturated rings. The lowest BCUT2D eigenvalue weighted by molar-refractivity contribution is 0.0148. The van der Waals surface area contributed by atoms with Gasteiger partial charge in [-0.2, -0.15) is 0 Å². The lowest BCUT2D eigenvalue weighted by Crippen LogP contribution is -2.42. The minimum Gasteiger partial charge on any atom is -0.444 e. The molecular weight excluding hydrogens is 335 g/mol. The lowest BCUT2D eigenvalue weighted by Gasteiger charge is -2.28. The highest BCUT2D eigenvalue weighted by Crippen LogP contribution is 2.43. The summed E-state index contributed by atoms with van der Waals surface area (Å²) in [6.45, 7) is 5.61. The Morgan fingerprint density at radius 1 is 1.24 bits per heavy atom. The van der Waals surface area contributed by atoms with Gasteiger partial charge in [-0.15, -0.1) is 0 Å². The Bertz CT molecular complexity index is 698. The van der Waals surface area contributed by atoms with Crippen molar-refractivity contribution in [3.05, 3.63) is 47.3 Å². The fraction of sp³-hybridized carbons (Fsp3) is 0.500. The van der Waals surface area contributed by atoms with Gasteiger partial charge in [0.25, 0.3) is 0 Å². The minimum absolute atomic E-state index is 0.0724. The third-order valence-electron chi connectivity index (χ3n) is 4.14. The Labute approximate surface area is 144 Å². The Kier molecular flexibility index (Phi) is 4.31. The third kappa shape index (κ3) is 3.81. The van der Waals surface area contributed by atoms with Gasteiger partial charge in [-0.1, -0.05) is 12.2 Å². The second-order valence-corrected chi connectivity index (χ2v) is 7.43. The van der Waals surface area contributed by atoms with E-state index in [1.807, 2.05) is 12.2 Å². The first kappa shape index (κ1) is 17.8. The average Bonchev–Trinajstić information content (AvgIpc) is 3.14. The maximum absolute atomic E-state index is 13.2. The second kappa shape index (κ2) is 6.05. The van der Waals surface area contributed by atoms with E-state index in [0.29, 0.717) is 13.0 Å². The maximum atomic E-state index is 13.2. The van der Waals surface area contributed by atoms with E-state index in [9.17, 15) is 18.0 Å². The van der Waals surface area contributed by atoms with Crippen molar-refractivity contribution in [2.45, 2.75) is 51.0 Å². The first-order valence-corrected chi connectivity index (χ1v) is 8.06. The van der Waals surface area contributed by atoms with Crippen LogP contribution in [0.2, 0.25) is 0 Å². The Hall–Kier alpha value is -2.02. The largest absolute Gasteiger partial charge is 0.444 e. The van der Waals surface area contributed by atoms with Gasteiger partial charge in [0.1, 0.15) is 5.60 Å². The molecule has 0 saturated carbocycles. The van der Waals surface area contributed by atoms with E-state index in [-0.39, 0.29) is 18.3 Å². The van der Waals surface area contributed by atoms with E-state index >= 15 is 0 Å². The van der Waals surface area contributed by atoms with Crippen molar-refractivity contribution in [3.8, 4) is 0 Å². The van der Waals surface area contributed by atoms with Crippen LogP contribution >= 0.6 is 0 Å². The number of carbonyl (C=O) groups is 1. The van der Waals surface area contributed by atoms with Crippen molar-refractivity contribution in [2.75, 3.05) is 6.54 Å². The highest BCUT2D eigenvalue weighted by atomic mass is 19.2. The molecule has 1 aromatic carbocycles. The number of ether oxygens (including phenoxy) is 2. The molecule has 0 aromatic heterocycles. The van der Waals surface area contributed by atoms with Crippen LogP contribution in [0.1, 0.15) is 32.8 Å². The Balaban J connectivity index is 1.61. The molecule has 136 valence electrons. The van der Waals surface area contributed by atoms with Gasteiger partial charge >= 0.3 is 6.09 Å². The van der Waals surface area contributed by atoms with Crippen molar-refractivity contribution in [1.82, 2.24) is 4.90 Å². The Morgan fingerprint density at radius 3 is 2.36 bits per heavy atom. The monoisotopic (exact) mass is 355 g/mol. The number of benzene rings is 1. The molecule has 1 saturated heterocycles. The Morgan fingerprint density at radius 2 is 1.84 bits per heavy atom. The normalized spacial score (nSPS) is 21.0. The number of hydrogen-bond donors (Lipinski definition) is 0. The zero-order valence-corrected chi connectivity index (χ0v) is 14.3. The molecule has 0 radical (unpaired) electrons. The van der Waals surface area contributed by atoms with Gasteiger partial charge < -0.3 is 9.47 Å². The fourth-order valence-electron chi connectivity index (χ4n) is 2.90. The number of likely N-dealkylation sites (tertiary alicyclic amines) is 1. The molecule has 1 aliphatic carbocycles. The van der Waals surface area contributed by atoms with Gasteiger partial charge in [-0.3, -0.25) is 4.90 Å². The van der Waals surface area contributed by atoms with Crippen LogP contribution in [-0.4, -0.2) is 34.8 Å². The number of amides is 1. The number of nitrogens with zero attached hydrogens (tertiary/aromatic N) is 1. The molecule has 4 nitrogen and oxygen atoms in total. The maximum Gasteiger partial charge on any atom is 0.411 e. The number of halogens is 3. The molecule has 1 spiro atoms. The molecule has 1 atom stereocenters. The summed E-state index contributed by atoms with van der Waals surface area (Å²) in [5.74, 6) is -4.00. The van der Waals surface area contributed by atoms with Crippen LogP contribution in [0.15, 0.2) is 24.3 Å². The van der Waals surface area contributed by atoms with Crippen LogP contribution in [0, 0.1) is 17.5 Å². The predicted molar refractivity (Wildman–Crippen MR) is 84.3 cm³/mol. The van der Waals surface area contributed by atoms with Crippen molar-refractivity contribution < 1.29 is 27.4 Å². The van der Waals surface area contributed by atoms with E-state index in [2.05, 4.69) is 0 Å². The smallest absolute Gasteiger partial charge is 0.411 e. The van der Waals surface area contributed by atoms with E-state index < -0.39 is 34.7 Å². The highest BCUT2D eigenvalue weighted by Gasteiger charge is 2.52. The first-order chi connectivity index (χ1) is 11.6. The summed E-state index contributed by atoms with van der Waals surface area (Å²) in [5, 5.41) is 0. The molecule has 1 aliphatic heterocycles. The van der Waals surface area contributed by atoms with Gasteiger partial charge in [0.05, 0.1) is 24.8 Å². The molecule has 1 aromatic rings. The second-order valence-electron chi connectivity index (χ2n) is 7.43. The summed E-state index contributed by atoms with van der Waals surface area (Å²) >= 11 is 0. The summed E-state index contributed by atoms with van der Waals surface area (Å²) in [6.07, 6.45) is 3.62. The van der Waals surface area contributed by atoms with Crippen LogP contribution in [0.4, 0.5) is 18.0 Å². The number of carbonyl (C=O) groups excluding carboxylic acids is 1. The van der Waals surface area contributed by atoms with E-state index in [0.717, 1.165) is 12.1 Å². The highest BCUT2D eigenvalue weighted by molar-refractivity contribution is 5.72. The summed E-state index contributed by atoms with van der Waals surface area (Å²) in [7, 11) is 0. The molecule has 3 rings (SSSR count). The molecule has 1 amide bonds. The zero-order chi connectivity index (χ0) is 18.4. The van der Waals surface area contributed by atoms with Crippen LogP contribution < -0.4 is 0 Å². The van der Waals surface area contributed by atoms with Gasteiger partial charge in [0, 0.05) is 6.42 Å². The fourth-order valence-corrected chi connectivity index (χ4v) is 2.90. The van der Waals surface area contributed by atoms with Gasteiger partial charge in [-0.05, 0) is 38.5 Å². The van der Waals surface area contributed by atoms with Crippen LogP contribution in [0.25, 0.3) is 0 Å². The third-order valence-corrected chi connectivity index (χ3v) is 4.14. The summed E-state index contributed by atoms with van der Waals surface area (Å²) in [5.41, 5.74) is -0.869. The number of hydrogen-bond acceptors (Lipinski definition) is 3. The molecule has 2 aliphatic rings. The van der Waals surface area contributed by atoms with Crippen molar-refractivity contribution in [3.63, 3.8) is 0 Å². The first-order valence-electron chi connectivity index (χ1n) is 8.06. The molecule has 25 heavy (non-hydrogen) atoms. The van der Waals surface area contributed by atoms with Crippen molar-refractivity contribution >= 4 is 6.09 Å². The van der Waals surface area contributed by atoms with Crippen LogP contribution in [0.5, 0.6) is 0 Å². The SMILES string of the molecule is CC(C)(C)OC(=O)N1CC(OCc2cc(F)c(F)c(F)c2)CC12C=C2. The molecule has 0 N–H and O–H groups in total. The molecular formula is C18H20F3NO3. The molecule has 7 heteroatoms. The summed E-state index contributed by atoms with van der Waals surface area (Å²) < 4.78 is 50.6. The van der Waals surface area contributed by atoms with E-state index in [4.69, 9.17) is 9.47 Å². The minimum atomic E-state index is -1.50. The number of rotatable bonds is 3. The molecule has 1 heterocycles. The standard InChI is InChI=1S/C18H20F3NO3/c1-17(2,3)25-16(23)22-9-12(8-18(22)4-5-18)24-10-11-6-13(19)15(21)14(20)7-11/h4-7,12H,8-10H2,1-3H3. The molecule has 0 bridgehead atoms. The van der Waals surface area contributed by atoms with Gasteiger partial charge in [-0.25, -0.2) is 18.0 Å². The topological polar surface area (TPSA) is 38.8 Å². The van der Waals surface area contributed by atoms with E-state index in [1.54, 1.807) is 25.7 Å².